The van der Waals surface area contributed by atoms with Crippen LogP contribution in [0.4, 0.5) is 0 Å². The third kappa shape index (κ3) is 3.87. The van der Waals surface area contributed by atoms with Gasteiger partial charge in [-0.05, 0) is 36.4 Å². The Morgan fingerprint density at radius 3 is 2.56 bits per heavy atom. The van der Waals surface area contributed by atoms with Crippen LogP contribution in [-0.2, 0) is 0 Å². The van der Waals surface area contributed by atoms with E-state index in [4.69, 9.17) is 5.11 Å². The van der Waals surface area contributed by atoms with Crippen molar-refractivity contribution in [2.45, 2.75) is 11.8 Å². The Labute approximate surface area is 100 Å². The van der Waals surface area contributed by atoms with Gasteiger partial charge in [-0.25, -0.2) is 0 Å². The van der Waals surface area contributed by atoms with Crippen LogP contribution in [0.3, 0.4) is 0 Å². The molecule has 3 nitrogen and oxygen atoms in total. The standard InChI is InChI=1S/C12H17NO2S/c1-9(8-14)7-13-12(15)10-3-5-11(16-2)6-4-10/h3-6,9,14H,7-8H2,1-2H3,(H,13,15). The number of amides is 1. The smallest absolute Gasteiger partial charge is 0.251 e. The van der Waals surface area contributed by atoms with Gasteiger partial charge < -0.3 is 10.4 Å². The van der Waals surface area contributed by atoms with E-state index in [0.717, 1.165) is 4.90 Å². The molecule has 0 fully saturated rings. The number of hydrogen-bond acceptors (Lipinski definition) is 3. The minimum atomic E-state index is -0.0899. The average Bonchev–Trinajstić information content (AvgIpc) is 2.35. The van der Waals surface area contributed by atoms with E-state index >= 15 is 0 Å². The quantitative estimate of drug-likeness (QED) is 0.770. The lowest BCUT2D eigenvalue weighted by molar-refractivity contribution is 0.0942. The lowest BCUT2D eigenvalue weighted by Crippen LogP contribution is -2.29. The highest BCUT2D eigenvalue weighted by molar-refractivity contribution is 7.98. The maximum absolute atomic E-state index is 11.7. The highest BCUT2D eigenvalue weighted by atomic mass is 32.2. The lowest BCUT2D eigenvalue weighted by Gasteiger charge is -2.09. The van der Waals surface area contributed by atoms with Gasteiger partial charge in [0.25, 0.3) is 5.91 Å². The summed E-state index contributed by atoms with van der Waals surface area (Å²) in [6.07, 6.45) is 2.00. The normalized spacial score (nSPS) is 12.2. The monoisotopic (exact) mass is 239 g/mol. The SMILES string of the molecule is CSc1ccc(C(=O)NCC(C)CO)cc1. The first-order valence-corrected chi connectivity index (χ1v) is 6.43. The Balaban J connectivity index is 2.52. The fourth-order valence-corrected chi connectivity index (χ4v) is 1.58. The van der Waals surface area contributed by atoms with Crippen molar-refractivity contribution >= 4 is 17.7 Å². The summed E-state index contributed by atoms with van der Waals surface area (Å²) in [5, 5.41) is 11.6. The van der Waals surface area contributed by atoms with Crippen molar-refractivity contribution in [1.29, 1.82) is 0 Å². The summed E-state index contributed by atoms with van der Waals surface area (Å²) in [7, 11) is 0. The molecule has 0 spiro atoms. The summed E-state index contributed by atoms with van der Waals surface area (Å²) in [5.41, 5.74) is 0.655. The van der Waals surface area contributed by atoms with Crippen molar-refractivity contribution in [3.8, 4) is 0 Å². The predicted octanol–water partition coefficient (Wildman–Crippen LogP) is 1.77. The third-order valence-corrected chi connectivity index (χ3v) is 3.02. The van der Waals surface area contributed by atoms with Gasteiger partial charge in [0, 0.05) is 23.6 Å². The maximum atomic E-state index is 11.7. The number of nitrogens with one attached hydrogen (secondary N) is 1. The molecule has 0 saturated heterocycles. The van der Waals surface area contributed by atoms with Crippen molar-refractivity contribution in [2.75, 3.05) is 19.4 Å². The van der Waals surface area contributed by atoms with E-state index in [1.807, 2.05) is 37.4 Å². The van der Waals surface area contributed by atoms with E-state index in [2.05, 4.69) is 5.32 Å². The molecule has 0 heterocycles. The Hall–Kier alpha value is -1.00. The predicted molar refractivity (Wildman–Crippen MR) is 66.8 cm³/mol. The summed E-state index contributed by atoms with van der Waals surface area (Å²) in [4.78, 5) is 12.8. The summed E-state index contributed by atoms with van der Waals surface area (Å²) in [5.74, 6) is 0.00220. The van der Waals surface area contributed by atoms with Crippen molar-refractivity contribution in [2.24, 2.45) is 5.92 Å². The number of aliphatic hydroxyl groups excluding tert-OH is 1. The number of carbonyl (C=O) groups excluding carboxylic acids is 1. The molecule has 1 aromatic carbocycles. The number of rotatable bonds is 5. The molecule has 0 radical (unpaired) electrons. The van der Waals surface area contributed by atoms with Crippen LogP contribution in [0.15, 0.2) is 29.2 Å². The van der Waals surface area contributed by atoms with Crippen molar-refractivity contribution in [3.63, 3.8) is 0 Å². The van der Waals surface area contributed by atoms with Crippen LogP contribution in [0, 0.1) is 5.92 Å². The molecule has 0 aromatic heterocycles. The van der Waals surface area contributed by atoms with Gasteiger partial charge in [-0.1, -0.05) is 6.92 Å². The lowest BCUT2D eigenvalue weighted by atomic mass is 10.2. The van der Waals surface area contributed by atoms with Gasteiger partial charge in [-0.3, -0.25) is 4.79 Å². The maximum Gasteiger partial charge on any atom is 0.251 e. The van der Waals surface area contributed by atoms with Crippen LogP contribution in [-0.4, -0.2) is 30.4 Å². The molecule has 0 aliphatic rings. The van der Waals surface area contributed by atoms with Gasteiger partial charge in [0.05, 0.1) is 0 Å². The molecule has 1 unspecified atom stereocenters. The highest BCUT2D eigenvalue weighted by Crippen LogP contribution is 2.14. The summed E-state index contributed by atoms with van der Waals surface area (Å²) < 4.78 is 0. The first kappa shape index (κ1) is 13.1. The van der Waals surface area contributed by atoms with E-state index < -0.39 is 0 Å². The second kappa shape index (κ2) is 6.55. The number of benzene rings is 1. The molecule has 88 valence electrons. The Morgan fingerprint density at radius 2 is 2.06 bits per heavy atom. The summed E-state index contributed by atoms with van der Waals surface area (Å²) >= 11 is 1.65. The van der Waals surface area contributed by atoms with Crippen LogP contribution >= 0.6 is 11.8 Å². The van der Waals surface area contributed by atoms with Gasteiger partial charge in [-0.15, -0.1) is 11.8 Å². The number of hydrogen-bond donors (Lipinski definition) is 2. The van der Waals surface area contributed by atoms with Gasteiger partial charge in [0.1, 0.15) is 0 Å². The van der Waals surface area contributed by atoms with Gasteiger partial charge >= 0.3 is 0 Å². The Bertz CT molecular complexity index is 337. The molecule has 0 saturated carbocycles. The molecule has 2 N–H and O–H groups in total. The van der Waals surface area contributed by atoms with Crippen molar-refractivity contribution < 1.29 is 9.90 Å². The molecule has 0 bridgehead atoms. The zero-order chi connectivity index (χ0) is 12.0. The van der Waals surface area contributed by atoms with Crippen LogP contribution in [0.25, 0.3) is 0 Å². The molecule has 1 amide bonds. The fourth-order valence-electron chi connectivity index (χ4n) is 1.18. The van der Waals surface area contributed by atoms with Crippen LogP contribution in [0.2, 0.25) is 0 Å². The topological polar surface area (TPSA) is 49.3 Å². The highest BCUT2D eigenvalue weighted by Gasteiger charge is 2.06. The van der Waals surface area contributed by atoms with E-state index in [0.29, 0.717) is 12.1 Å². The molecule has 16 heavy (non-hydrogen) atoms. The van der Waals surface area contributed by atoms with Crippen molar-refractivity contribution in [1.82, 2.24) is 5.32 Å². The molecule has 0 aliphatic heterocycles. The number of aliphatic hydroxyl groups is 1. The average molecular weight is 239 g/mol. The van der Waals surface area contributed by atoms with E-state index in [9.17, 15) is 4.79 Å². The minimum absolute atomic E-state index is 0.0890. The zero-order valence-electron chi connectivity index (χ0n) is 9.56. The summed E-state index contributed by atoms with van der Waals surface area (Å²) in [6.45, 7) is 2.47. The first-order chi connectivity index (χ1) is 7.67. The van der Waals surface area contributed by atoms with Crippen molar-refractivity contribution in [3.05, 3.63) is 29.8 Å². The zero-order valence-corrected chi connectivity index (χ0v) is 10.4. The van der Waals surface area contributed by atoms with Crippen LogP contribution in [0.5, 0.6) is 0 Å². The van der Waals surface area contributed by atoms with E-state index in [1.165, 1.54) is 0 Å². The molecular formula is C12H17NO2S. The summed E-state index contributed by atoms with van der Waals surface area (Å²) in [6, 6.07) is 7.47. The largest absolute Gasteiger partial charge is 0.396 e. The van der Waals surface area contributed by atoms with E-state index in [1.54, 1.807) is 11.8 Å². The number of thioether (sulfide) groups is 1. The molecular weight excluding hydrogens is 222 g/mol. The molecule has 1 aromatic rings. The Morgan fingerprint density at radius 1 is 1.44 bits per heavy atom. The van der Waals surface area contributed by atoms with E-state index in [-0.39, 0.29) is 18.4 Å². The Kier molecular flexibility index (Phi) is 5.35. The number of carbonyl (C=O) groups is 1. The molecule has 1 rings (SSSR count). The second-order valence-electron chi connectivity index (χ2n) is 3.73. The minimum Gasteiger partial charge on any atom is -0.396 e. The van der Waals surface area contributed by atoms with Gasteiger partial charge in [0.15, 0.2) is 0 Å². The van der Waals surface area contributed by atoms with Crippen LogP contribution < -0.4 is 5.32 Å². The molecule has 1 atom stereocenters. The fraction of sp³-hybridized carbons (Fsp3) is 0.417. The second-order valence-corrected chi connectivity index (χ2v) is 4.61. The molecule has 4 heteroatoms. The van der Waals surface area contributed by atoms with Gasteiger partial charge in [0.2, 0.25) is 0 Å². The first-order valence-electron chi connectivity index (χ1n) is 5.20. The molecule has 0 aliphatic carbocycles. The van der Waals surface area contributed by atoms with Crippen LogP contribution in [0.1, 0.15) is 17.3 Å². The third-order valence-electron chi connectivity index (χ3n) is 2.27. The van der Waals surface area contributed by atoms with Gasteiger partial charge in [-0.2, -0.15) is 0 Å².